The summed E-state index contributed by atoms with van der Waals surface area (Å²) in [6, 6.07) is -0.378. The number of carbonyl (C=O) groups is 2. The Morgan fingerprint density at radius 2 is 2.43 bits per heavy atom. The highest BCUT2D eigenvalue weighted by Crippen LogP contribution is 2.04. The molecule has 1 heterocycles. The molecule has 80 valence electrons. The summed E-state index contributed by atoms with van der Waals surface area (Å²) < 4.78 is 5.01. The Balaban J connectivity index is 2.49. The second-order valence-electron chi connectivity index (χ2n) is 3.19. The molecule has 0 aromatic rings. The van der Waals surface area contributed by atoms with Crippen molar-refractivity contribution in [1.29, 1.82) is 0 Å². The van der Waals surface area contributed by atoms with Crippen molar-refractivity contribution in [3.8, 4) is 0 Å². The van der Waals surface area contributed by atoms with Crippen LogP contribution in [0, 0.1) is 0 Å². The van der Waals surface area contributed by atoms with E-state index in [1.807, 2.05) is 6.92 Å². The van der Waals surface area contributed by atoms with Crippen LogP contribution in [0.5, 0.6) is 0 Å². The zero-order valence-corrected chi connectivity index (χ0v) is 8.58. The van der Waals surface area contributed by atoms with E-state index in [0.29, 0.717) is 19.7 Å². The van der Waals surface area contributed by atoms with Gasteiger partial charge in [0, 0.05) is 19.7 Å². The van der Waals surface area contributed by atoms with E-state index in [1.54, 1.807) is 11.8 Å². The Labute approximate surface area is 83.4 Å². The summed E-state index contributed by atoms with van der Waals surface area (Å²) in [5.74, 6) is -0.213. The maximum atomic E-state index is 11.5. The molecular formula is C9H16N2O3. The minimum absolute atomic E-state index is 0.0636. The fourth-order valence-electron chi connectivity index (χ4n) is 1.40. The summed E-state index contributed by atoms with van der Waals surface area (Å²) in [7, 11) is 0. The standard InChI is InChI=1S/C9H16N2O3/c1-3-14-6-8(12)11-5-4-10-9(13)7(11)2/h7H,3-6H2,1-2H3,(H,10,13). The third-order valence-electron chi connectivity index (χ3n) is 2.25. The molecule has 2 amide bonds. The molecule has 5 nitrogen and oxygen atoms in total. The number of nitrogens with zero attached hydrogens (tertiary/aromatic N) is 1. The molecule has 0 spiro atoms. The Bertz CT molecular complexity index is 230. The molecule has 1 unspecified atom stereocenters. The molecule has 0 aromatic heterocycles. The third-order valence-corrected chi connectivity index (χ3v) is 2.25. The van der Waals surface area contributed by atoms with Crippen LogP contribution in [-0.4, -0.2) is 49.1 Å². The van der Waals surface area contributed by atoms with Crippen LogP contribution in [0.1, 0.15) is 13.8 Å². The van der Waals surface area contributed by atoms with Gasteiger partial charge in [-0.25, -0.2) is 0 Å². The number of hydrogen-bond acceptors (Lipinski definition) is 3. The molecule has 1 atom stereocenters. The van der Waals surface area contributed by atoms with Gasteiger partial charge in [-0.3, -0.25) is 9.59 Å². The van der Waals surface area contributed by atoms with E-state index in [4.69, 9.17) is 4.74 Å². The first-order valence-electron chi connectivity index (χ1n) is 4.81. The predicted octanol–water partition coefficient (Wildman–Crippen LogP) is -0.630. The number of carbonyl (C=O) groups excluding carboxylic acids is 2. The van der Waals surface area contributed by atoms with Gasteiger partial charge in [-0.05, 0) is 13.8 Å². The molecule has 0 aliphatic carbocycles. The summed E-state index contributed by atoms with van der Waals surface area (Å²) in [6.07, 6.45) is 0. The molecule has 0 bridgehead atoms. The SMILES string of the molecule is CCOCC(=O)N1CCNC(=O)C1C. The average molecular weight is 200 g/mol. The van der Waals surface area contributed by atoms with Crippen LogP contribution in [0.2, 0.25) is 0 Å². The Morgan fingerprint density at radius 3 is 3.07 bits per heavy atom. The fraction of sp³-hybridized carbons (Fsp3) is 0.778. The van der Waals surface area contributed by atoms with Crippen LogP contribution < -0.4 is 5.32 Å². The third kappa shape index (κ3) is 2.45. The van der Waals surface area contributed by atoms with Gasteiger partial charge in [0.15, 0.2) is 0 Å². The molecular weight excluding hydrogens is 184 g/mol. The first-order chi connectivity index (χ1) is 6.66. The fourth-order valence-corrected chi connectivity index (χ4v) is 1.40. The maximum absolute atomic E-state index is 11.5. The van der Waals surface area contributed by atoms with E-state index >= 15 is 0 Å². The van der Waals surface area contributed by atoms with Gasteiger partial charge in [-0.1, -0.05) is 0 Å². The molecule has 14 heavy (non-hydrogen) atoms. The molecule has 1 aliphatic heterocycles. The number of amides is 2. The molecule has 0 saturated carbocycles. The first-order valence-corrected chi connectivity index (χ1v) is 4.81. The van der Waals surface area contributed by atoms with E-state index in [0.717, 1.165) is 0 Å². The highest BCUT2D eigenvalue weighted by molar-refractivity contribution is 5.88. The summed E-state index contributed by atoms with van der Waals surface area (Å²) in [4.78, 5) is 24.3. The van der Waals surface area contributed by atoms with Crippen LogP contribution in [0.15, 0.2) is 0 Å². The molecule has 5 heteroatoms. The lowest BCUT2D eigenvalue weighted by molar-refractivity contribution is -0.145. The van der Waals surface area contributed by atoms with Crippen molar-refractivity contribution in [1.82, 2.24) is 10.2 Å². The van der Waals surface area contributed by atoms with Crippen molar-refractivity contribution >= 4 is 11.8 Å². The van der Waals surface area contributed by atoms with Crippen molar-refractivity contribution in [2.45, 2.75) is 19.9 Å². The van der Waals surface area contributed by atoms with Crippen LogP contribution in [-0.2, 0) is 14.3 Å². The van der Waals surface area contributed by atoms with E-state index in [9.17, 15) is 9.59 Å². The second kappa shape index (κ2) is 4.95. The number of hydrogen-bond donors (Lipinski definition) is 1. The number of rotatable bonds is 3. The van der Waals surface area contributed by atoms with Gasteiger partial charge >= 0.3 is 0 Å². The van der Waals surface area contributed by atoms with Crippen molar-refractivity contribution in [3.63, 3.8) is 0 Å². The van der Waals surface area contributed by atoms with Gasteiger partial charge < -0.3 is 15.0 Å². The minimum atomic E-state index is -0.378. The summed E-state index contributed by atoms with van der Waals surface area (Å²) in [5.41, 5.74) is 0. The molecule has 0 aromatic carbocycles. The molecule has 0 radical (unpaired) electrons. The number of nitrogens with one attached hydrogen (secondary N) is 1. The quantitative estimate of drug-likeness (QED) is 0.660. The minimum Gasteiger partial charge on any atom is -0.372 e. The van der Waals surface area contributed by atoms with E-state index in [-0.39, 0.29) is 24.5 Å². The maximum Gasteiger partial charge on any atom is 0.249 e. The van der Waals surface area contributed by atoms with Crippen molar-refractivity contribution in [3.05, 3.63) is 0 Å². The van der Waals surface area contributed by atoms with Crippen molar-refractivity contribution < 1.29 is 14.3 Å². The van der Waals surface area contributed by atoms with E-state index in [2.05, 4.69) is 5.32 Å². The van der Waals surface area contributed by atoms with Gasteiger partial charge in [-0.2, -0.15) is 0 Å². The molecule has 1 rings (SSSR count). The highest BCUT2D eigenvalue weighted by Gasteiger charge is 2.28. The lowest BCUT2D eigenvalue weighted by atomic mass is 10.2. The van der Waals surface area contributed by atoms with Gasteiger partial charge in [0.2, 0.25) is 11.8 Å². The largest absolute Gasteiger partial charge is 0.372 e. The van der Waals surface area contributed by atoms with Crippen molar-refractivity contribution in [2.24, 2.45) is 0 Å². The van der Waals surface area contributed by atoms with Crippen LogP contribution >= 0.6 is 0 Å². The van der Waals surface area contributed by atoms with Gasteiger partial charge in [-0.15, -0.1) is 0 Å². The monoisotopic (exact) mass is 200 g/mol. The molecule has 1 saturated heterocycles. The van der Waals surface area contributed by atoms with Gasteiger partial charge in [0.05, 0.1) is 0 Å². The Kier molecular flexibility index (Phi) is 3.88. The zero-order valence-electron chi connectivity index (χ0n) is 8.58. The number of ether oxygens (including phenoxy) is 1. The highest BCUT2D eigenvalue weighted by atomic mass is 16.5. The molecule has 1 fully saturated rings. The summed E-state index contributed by atoms with van der Waals surface area (Å²) in [5, 5.41) is 2.70. The first kappa shape index (κ1) is 11.0. The number of piperazine rings is 1. The van der Waals surface area contributed by atoms with Gasteiger partial charge in [0.25, 0.3) is 0 Å². The topological polar surface area (TPSA) is 58.6 Å². The summed E-state index contributed by atoms with van der Waals surface area (Å²) >= 11 is 0. The van der Waals surface area contributed by atoms with Crippen LogP contribution in [0.4, 0.5) is 0 Å². The average Bonchev–Trinajstić information content (AvgIpc) is 2.18. The zero-order chi connectivity index (χ0) is 10.6. The molecule has 1 aliphatic rings. The Hall–Kier alpha value is -1.10. The molecule has 1 N–H and O–H groups in total. The predicted molar refractivity (Wildman–Crippen MR) is 50.7 cm³/mol. The normalized spacial score (nSPS) is 22.0. The lowest BCUT2D eigenvalue weighted by Gasteiger charge is -2.32. The van der Waals surface area contributed by atoms with E-state index < -0.39 is 0 Å². The Morgan fingerprint density at radius 1 is 1.71 bits per heavy atom. The van der Waals surface area contributed by atoms with Crippen LogP contribution in [0.3, 0.4) is 0 Å². The van der Waals surface area contributed by atoms with E-state index in [1.165, 1.54) is 0 Å². The van der Waals surface area contributed by atoms with Gasteiger partial charge in [0.1, 0.15) is 12.6 Å². The smallest absolute Gasteiger partial charge is 0.249 e. The van der Waals surface area contributed by atoms with Crippen LogP contribution in [0.25, 0.3) is 0 Å². The lowest BCUT2D eigenvalue weighted by Crippen LogP contribution is -2.56. The second-order valence-corrected chi connectivity index (χ2v) is 3.19. The van der Waals surface area contributed by atoms with Crippen molar-refractivity contribution in [2.75, 3.05) is 26.3 Å². The summed E-state index contributed by atoms with van der Waals surface area (Å²) in [6.45, 7) is 5.23.